The van der Waals surface area contributed by atoms with Gasteiger partial charge in [-0.2, -0.15) is 0 Å². The fraction of sp³-hybridized carbons (Fsp3) is 0.800. The first-order chi connectivity index (χ1) is 5.93. The van der Waals surface area contributed by atoms with E-state index in [1.807, 2.05) is 7.05 Å². The summed E-state index contributed by atoms with van der Waals surface area (Å²) in [5.74, 6) is 7.05. The van der Waals surface area contributed by atoms with Crippen molar-refractivity contribution in [2.24, 2.45) is 5.92 Å². The van der Waals surface area contributed by atoms with Gasteiger partial charge in [-0.25, -0.2) is 0 Å². The quantitative estimate of drug-likeness (QED) is 0.620. The Labute approximate surface area is 74.7 Å². The SMILES string of the molecule is CNCC#CCC1CCOCC1. The van der Waals surface area contributed by atoms with E-state index in [4.69, 9.17) is 4.74 Å². The van der Waals surface area contributed by atoms with Gasteiger partial charge in [-0.15, -0.1) is 5.92 Å². The van der Waals surface area contributed by atoms with Crippen molar-refractivity contribution in [3.05, 3.63) is 0 Å². The Morgan fingerprint density at radius 2 is 2.08 bits per heavy atom. The summed E-state index contributed by atoms with van der Waals surface area (Å²) in [6.45, 7) is 2.67. The van der Waals surface area contributed by atoms with Crippen LogP contribution in [0.1, 0.15) is 19.3 Å². The summed E-state index contributed by atoms with van der Waals surface area (Å²) < 4.78 is 5.27. The van der Waals surface area contributed by atoms with Crippen molar-refractivity contribution in [1.82, 2.24) is 5.32 Å². The number of rotatable bonds is 2. The maximum absolute atomic E-state index is 5.27. The van der Waals surface area contributed by atoms with Crippen molar-refractivity contribution in [3.8, 4) is 11.8 Å². The van der Waals surface area contributed by atoms with Crippen LogP contribution in [0.4, 0.5) is 0 Å². The van der Waals surface area contributed by atoms with Gasteiger partial charge in [0.2, 0.25) is 0 Å². The first-order valence-electron chi connectivity index (χ1n) is 4.61. The second kappa shape index (κ2) is 6.05. The Morgan fingerprint density at radius 1 is 1.33 bits per heavy atom. The smallest absolute Gasteiger partial charge is 0.0574 e. The van der Waals surface area contributed by atoms with E-state index in [9.17, 15) is 0 Å². The Bertz CT molecular complexity index is 162. The molecular formula is C10H17NO. The van der Waals surface area contributed by atoms with Gasteiger partial charge in [0.05, 0.1) is 6.54 Å². The van der Waals surface area contributed by atoms with Gasteiger partial charge in [0.1, 0.15) is 0 Å². The van der Waals surface area contributed by atoms with Crippen molar-refractivity contribution in [2.75, 3.05) is 26.8 Å². The van der Waals surface area contributed by atoms with Gasteiger partial charge in [0.15, 0.2) is 0 Å². The lowest BCUT2D eigenvalue weighted by molar-refractivity contribution is 0.0678. The molecule has 0 bridgehead atoms. The summed E-state index contributed by atoms with van der Waals surface area (Å²) in [7, 11) is 1.92. The molecule has 0 aromatic rings. The normalized spacial score (nSPS) is 18.4. The Hall–Kier alpha value is -0.520. The third-order valence-electron chi connectivity index (χ3n) is 2.12. The molecule has 1 saturated heterocycles. The summed E-state index contributed by atoms with van der Waals surface area (Å²) >= 11 is 0. The molecule has 0 aromatic carbocycles. The van der Waals surface area contributed by atoms with Crippen LogP contribution in [0, 0.1) is 17.8 Å². The molecule has 0 saturated carbocycles. The molecule has 1 rings (SSSR count). The molecule has 0 radical (unpaired) electrons. The zero-order chi connectivity index (χ0) is 8.65. The molecule has 0 aromatic heterocycles. The second-order valence-electron chi connectivity index (χ2n) is 3.14. The van der Waals surface area contributed by atoms with Crippen LogP contribution in [0.15, 0.2) is 0 Å². The van der Waals surface area contributed by atoms with Gasteiger partial charge < -0.3 is 10.1 Å². The van der Waals surface area contributed by atoms with E-state index >= 15 is 0 Å². The number of hydrogen-bond acceptors (Lipinski definition) is 2. The monoisotopic (exact) mass is 167 g/mol. The first kappa shape index (κ1) is 9.57. The molecule has 1 fully saturated rings. The van der Waals surface area contributed by atoms with E-state index in [1.54, 1.807) is 0 Å². The van der Waals surface area contributed by atoms with Crippen molar-refractivity contribution in [1.29, 1.82) is 0 Å². The minimum absolute atomic E-state index is 0.781. The van der Waals surface area contributed by atoms with Crippen molar-refractivity contribution < 1.29 is 4.74 Å². The lowest BCUT2D eigenvalue weighted by atomic mass is 9.97. The van der Waals surface area contributed by atoms with Gasteiger partial charge in [-0.05, 0) is 25.8 Å². The molecule has 68 valence electrons. The zero-order valence-corrected chi connectivity index (χ0v) is 7.73. The predicted octanol–water partition coefficient (Wildman–Crippen LogP) is 1.03. The topological polar surface area (TPSA) is 21.3 Å². The summed E-state index contributed by atoms with van der Waals surface area (Å²) in [5, 5.41) is 3.01. The average Bonchev–Trinajstić information content (AvgIpc) is 2.14. The highest BCUT2D eigenvalue weighted by Crippen LogP contribution is 2.17. The summed E-state index contributed by atoms with van der Waals surface area (Å²) in [6.07, 6.45) is 3.42. The molecule has 12 heavy (non-hydrogen) atoms. The predicted molar refractivity (Wildman–Crippen MR) is 49.9 cm³/mol. The summed E-state index contributed by atoms with van der Waals surface area (Å²) in [6, 6.07) is 0. The van der Waals surface area contributed by atoms with Crippen LogP contribution < -0.4 is 5.32 Å². The summed E-state index contributed by atoms with van der Waals surface area (Å²) in [4.78, 5) is 0. The third-order valence-corrected chi connectivity index (χ3v) is 2.12. The molecule has 0 aliphatic carbocycles. The minimum atomic E-state index is 0.781. The fourth-order valence-electron chi connectivity index (χ4n) is 1.32. The van der Waals surface area contributed by atoms with Gasteiger partial charge >= 0.3 is 0 Å². The Kier molecular flexibility index (Phi) is 4.82. The van der Waals surface area contributed by atoms with Gasteiger partial charge in [-0.3, -0.25) is 0 Å². The lowest BCUT2D eigenvalue weighted by Crippen LogP contribution is -2.15. The number of hydrogen-bond donors (Lipinski definition) is 1. The Balaban J connectivity index is 2.09. The average molecular weight is 167 g/mol. The van der Waals surface area contributed by atoms with Gasteiger partial charge in [0.25, 0.3) is 0 Å². The van der Waals surface area contributed by atoms with E-state index in [0.717, 1.165) is 32.1 Å². The standard InChI is InChI=1S/C10H17NO/c1-11-7-3-2-4-10-5-8-12-9-6-10/h10-11H,4-9H2,1H3. The van der Waals surface area contributed by atoms with E-state index in [2.05, 4.69) is 17.2 Å². The van der Waals surface area contributed by atoms with Crippen LogP contribution in [-0.4, -0.2) is 26.8 Å². The molecule has 0 unspecified atom stereocenters. The highest BCUT2D eigenvalue weighted by atomic mass is 16.5. The zero-order valence-electron chi connectivity index (χ0n) is 7.73. The molecule has 1 N–H and O–H groups in total. The third kappa shape index (κ3) is 3.75. The molecule has 0 spiro atoms. The van der Waals surface area contributed by atoms with Crippen molar-refractivity contribution in [2.45, 2.75) is 19.3 Å². The molecule has 0 atom stereocenters. The summed E-state index contributed by atoms with van der Waals surface area (Å²) in [5.41, 5.74) is 0. The van der Waals surface area contributed by atoms with Crippen LogP contribution in [0.2, 0.25) is 0 Å². The van der Waals surface area contributed by atoms with E-state index in [0.29, 0.717) is 0 Å². The van der Waals surface area contributed by atoms with E-state index in [-0.39, 0.29) is 0 Å². The lowest BCUT2D eigenvalue weighted by Gasteiger charge is -2.19. The molecular weight excluding hydrogens is 150 g/mol. The second-order valence-corrected chi connectivity index (χ2v) is 3.14. The first-order valence-corrected chi connectivity index (χ1v) is 4.61. The van der Waals surface area contributed by atoms with Crippen LogP contribution in [0.25, 0.3) is 0 Å². The van der Waals surface area contributed by atoms with Crippen LogP contribution >= 0.6 is 0 Å². The Morgan fingerprint density at radius 3 is 2.75 bits per heavy atom. The number of ether oxygens (including phenoxy) is 1. The van der Waals surface area contributed by atoms with Crippen LogP contribution in [-0.2, 0) is 4.74 Å². The van der Waals surface area contributed by atoms with Crippen molar-refractivity contribution in [3.63, 3.8) is 0 Å². The van der Waals surface area contributed by atoms with Crippen LogP contribution in [0.5, 0.6) is 0 Å². The number of nitrogens with one attached hydrogen (secondary N) is 1. The molecule has 2 heteroatoms. The highest BCUT2D eigenvalue weighted by molar-refractivity contribution is 5.01. The molecule has 0 amide bonds. The highest BCUT2D eigenvalue weighted by Gasteiger charge is 2.11. The largest absolute Gasteiger partial charge is 0.381 e. The van der Waals surface area contributed by atoms with Gasteiger partial charge in [-0.1, -0.05) is 5.92 Å². The fourth-order valence-corrected chi connectivity index (χ4v) is 1.32. The molecule has 2 nitrogen and oxygen atoms in total. The molecule has 1 aliphatic heterocycles. The molecule has 1 aliphatic rings. The van der Waals surface area contributed by atoms with Gasteiger partial charge in [0, 0.05) is 19.6 Å². The maximum atomic E-state index is 5.27. The molecule has 1 heterocycles. The maximum Gasteiger partial charge on any atom is 0.0574 e. The minimum Gasteiger partial charge on any atom is -0.381 e. The van der Waals surface area contributed by atoms with E-state index in [1.165, 1.54) is 12.8 Å². The van der Waals surface area contributed by atoms with E-state index < -0.39 is 0 Å². The van der Waals surface area contributed by atoms with Crippen LogP contribution in [0.3, 0.4) is 0 Å². The van der Waals surface area contributed by atoms with Crippen molar-refractivity contribution >= 4 is 0 Å².